The average Bonchev–Trinajstić information content (AvgIpc) is 1.57. The summed E-state index contributed by atoms with van der Waals surface area (Å²) in [6.07, 6.45) is 22.8. The molecular weight excluding hydrogens is 2310 g/mol. The van der Waals surface area contributed by atoms with Gasteiger partial charge >= 0.3 is 196 Å². The third-order valence-corrected chi connectivity index (χ3v) is 31.9. The quantitative estimate of drug-likeness (QED) is 0.0286. The number of rotatable bonds is 16. The van der Waals surface area contributed by atoms with Crippen molar-refractivity contribution in [3.05, 3.63) is 241 Å². The Morgan fingerprint density at radius 3 is 1.23 bits per heavy atom. The van der Waals surface area contributed by atoms with Gasteiger partial charge in [0.2, 0.25) is 0 Å². The first kappa shape index (κ1) is 119. The van der Waals surface area contributed by atoms with Crippen molar-refractivity contribution in [2.45, 2.75) is 172 Å². The van der Waals surface area contributed by atoms with Gasteiger partial charge in [-0.2, -0.15) is 31.8 Å². The Balaban J connectivity index is 0.000000198. The first-order valence-corrected chi connectivity index (χ1v) is 54.3. The van der Waals surface area contributed by atoms with Crippen LogP contribution in [0.2, 0.25) is 0 Å². The van der Waals surface area contributed by atoms with Crippen LogP contribution in [-0.2, 0) is 116 Å². The van der Waals surface area contributed by atoms with Crippen LogP contribution in [-0.4, -0.2) is 189 Å². The topological polar surface area (TPSA) is 284 Å². The number of halogens is 7. The summed E-state index contributed by atoms with van der Waals surface area (Å²) in [5, 5.41) is 32.0. The van der Waals surface area contributed by atoms with E-state index >= 15 is 0 Å². The number of hydrogen-bond acceptors (Lipinski definition) is 18. The summed E-state index contributed by atoms with van der Waals surface area (Å²) in [6, 6.07) is 59.1. The van der Waals surface area contributed by atoms with E-state index < -0.39 is 38.6 Å². The third kappa shape index (κ3) is 29.7. The van der Waals surface area contributed by atoms with Gasteiger partial charge in [-0.3, -0.25) is 28.1 Å². The first-order valence-electron chi connectivity index (χ1n) is 44.9. The molecule has 2 saturated carbocycles. The Hall–Kier alpha value is -4.72. The summed E-state index contributed by atoms with van der Waals surface area (Å²) in [5.74, 6) is 0.810. The zero-order valence-corrected chi connectivity index (χ0v) is 102. The molecule has 6 aromatic carbocycles. The number of amides is 2. The molecule has 0 spiro atoms. The van der Waals surface area contributed by atoms with Gasteiger partial charge in [-0.25, -0.2) is 9.97 Å². The van der Waals surface area contributed by atoms with E-state index in [9.17, 15) is 31.2 Å². The number of carbonyl (C=O) groups is 3. The molecule has 0 bridgehead atoms. The molecule has 5 aliphatic heterocycles. The maximum absolute atomic E-state index is 14.0. The van der Waals surface area contributed by atoms with Crippen LogP contribution in [0.25, 0.3) is 45.4 Å². The third-order valence-electron chi connectivity index (χ3n) is 25.0. The number of hydrogen-bond donors (Lipinski definition) is 0. The molecule has 12 aromatic rings. The van der Waals surface area contributed by atoms with Crippen LogP contribution in [0.1, 0.15) is 150 Å². The van der Waals surface area contributed by atoms with Crippen molar-refractivity contribution in [3.8, 4) is 62.7 Å². The summed E-state index contributed by atoms with van der Waals surface area (Å²) >= 11 is 9.42. The van der Waals surface area contributed by atoms with Crippen molar-refractivity contribution in [2.75, 3.05) is 59.1 Å². The van der Waals surface area contributed by atoms with Crippen LogP contribution in [0.4, 0.5) is 18.0 Å². The van der Waals surface area contributed by atoms with E-state index in [1.165, 1.54) is 70.6 Å². The molecule has 3 saturated heterocycles. The van der Waals surface area contributed by atoms with E-state index in [4.69, 9.17) is 95.5 Å². The molecule has 0 unspecified atom stereocenters. The summed E-state index contributed by atoms with van der Waals surface area (Å²) < 4.78 is 113. The number of carboxylic acid groups (broad SMARTS) is 2. The van der Waals surface area contributed by atoms with Crippen LogP contribution in [0, 0.1) is 0 Å². The smallest absolute Gasteiger partial charge is 0.0622 e. The van der Waals surface area contributed by atoms with Gasteiger partial charge in [0.1, 0.15) is 17.4 Å². The molecule has 7 aliphatic rings. The molecule has 140 heavy (non-hydrogen) atoms. The van der Waals surface area contributed by atoms with Gasteiger partial charge < -0.3 is 66.4 Å². The van der Waals surface area contributed by atoms with Crippen LogP contribution in [0.5, 0.6) is 17.2 Å². The number of fused-ring (bicyclic) bond motifs is 6. The number of alkyl halides is 5. The van der Waals surface area contributed by atoms with E-state index in [0.29, 0.717) is 92.8 Å². The number of benzene rings is 6. The number of nitrogens with zero attached hydrogens (tertiary/aromatic N) is 12. The molecule has 2 amide bonds. The van der Waals surface area contributed by atoms with E-state index in [-0.39, 0.29) is 234 Å². The maximum Gasteiger partial charge on any atom is 1.00 e. The van der Waals surface area contributed by atoms with Crippen molar-refractivity contribution in [1.82, 2.24) is 57.6 Å². The predicted octanol–water partition coefficient (Wildman–Crippen LogP) is 10.3. The number of aryl methyl sites for hydroxylation is 6. The molecule has 11 heterocycles. The summed E-state index contributed by atoms with van der Waals surface area (Å²) in [4.78, 5) is 49.6. The molecule has 0 atom stereocenters. The van der Waals surface area contributed by atoms with Gasteiger partial charge in [0, 0.05) is 118 Å². The Bertz CT molecular complexity index is 5990. The predicted molar refractivity (Wildman–Crippen MR) is 529 cm³/mol. The van der Waals surface area contributed by atoms with E-state index in [1.54, 1.807) is 70.2 Å². The Kier molecular flexibility index (Phi) is 45.8. The zero-order valence-electron chi connectivity index (χ0n) is 81.5. The monoisotopic (exact) mass is 2430 g/mol. The standard InChI is InChI=1S/C28H32N6O3.C25H27F3N4O6S.2C17H19P.C10H17BN2O2.CH2Cl2.CH2O3.2ClH.2Cs.Fe.Pd/c1-28(2)17-37-13-12-33(28)27(35)25-22-7-6-18-14-24(36-5)20(21-9-11-32(4)30-21)15-23(18)34(22)26(29-25)19-8-10-31(3)16-19;1-24(2)14-37-10-9-31(24)23(33)21-17-6-5-15-11-19(36-4)20(38-39(34,35)25(26,27)28)12-18(15)32(17)22(29-21)16-7-8-30(3)13-16;2*1-3-9-15(10-4-1)18(17-13-7-8-14-17)16-11-5-2-6-12-16;1-9(2)10(3,4)15-11(14-9)8-6-7-13(5)12-8;2-1-3;2-1(3)4;;;;;;/h8-11,14-16H,6-7,12-13,17H2,1-5H3;7-8,11-13H,5-6,9-10,14H2,1-4H3;2*1-6,9-12,17H,7-8,13-14H2;6-7H,1-5H3;1H2;(H2,2,3,4);2*1H;;;;/q;;;;;;;;;2*+1;;+2/p-4. The van der Waals surface area contributed by atoms with Crippen LogP contribution < -0.4 is 188 Å². The second-order valence-electron chi connectivity index (χ2n) is 35.9. The molecule has 0 radical (unpaired) electrons. The fourth-order valence-corrected chi connectivity index (χ4v) is 24.3. The van der Waals surface area contributed by atoms with Gasteiger partial charge in [0.25, 0.3) is 11.8 Å². The molecule has 6 aromatic heterocycles. The van der Waals surface area contributed by atoms with Gasteiger partial charge in [-0.15, -0.1) is 23.2 Å². The van der Waals surface area contributed by atoms with Crippen molar-refractivity contribution in [2.24, 2.45) is 28.2 Å². The van der Waals surface area contributed by atoms with Crippen LogP contribution in [0.15, 0.2) is 207 Å². The molecule has 19 rings (SSSR count). The molecule has 5 fully saturated rings. The second-order valence-corrected chi connectivity index (χ2v) is 45.6. The van der Waals surface area contributed by atoms with Gasteiger partial charge in [-0.1, -0.05) is 147 Å². The summed E-state index contributed by atoms with van der Waals surface area (Å²) in [7, 11) is 13.5. The molecule has 0 N–H and O–H groups in total. The Morgan fingerprint density at radius 1 is 0.536 bits per heavy atom. The molecule has 41 heteroatoms. The van der Waals surface area contributed by atoms with Crippen LogP contribution >= 0.6 is 58.1 Å². The van der Waals surface area contributed by atoms with Crippen molar-refractivity contribution in [3.63, 3.8) is 0 Å². The minimum absolute atomic E-state index is 0. The number of imidazole rings is 2. The molecule has 744 valence electrons. The normalized spacial score (nSPS) is 16.2. The van der Waals surface area contributed by atoms with Gasteiger partial charge in [0.05, 0.1) is 102 Å². The van der Waals surface area contributed by atoms with Gasteiger partial charge in [-0.05, 0) is 215 Å². The number of methoxy groups -OCH3 is 2. The van der Waals surface area contributed by atoms with Crippen LogP contribution in [0.3, 0.4) is 0 Å². The fourth-order valence-electron chi connectivity index (χ4n) is 17.8. The minimum Gasteiger partial charge on any atom is -0.0622 e. The Morgan fingerprint density at radius 2 is 0.900 bits per heavy atom. The van der Waals surface area contributed by atoms with Crippen molar-refractivity contribution < 1.29 is 249 Å². The number of ether oxygens (including phenoxy) is 4. The molecule has 26 nitrogen and oxygen atoms in total. The maximum atomic E-state index is 14.0. The summed E-state index contributed by atoms with van der Waals surface area (Å²) in [6.45, 7) is 18.8. The second kappa shape index (κ2) is 53.9. The van der Waals surface area contributed by atoms with Crippen molar-refractivity contribution >= 4 is 120 Å². The van der Waals surface area contributed by atoms with Crippen molar-refractivity contribution in [1.29, 1.82) is 0 Å². The summed E-state index contributed by atoms with van der Waals surface area (Å²) in [5.41, 5.74) is 4.20. The average molecular weight is 2430 g/mol. The van der Waals surface area contributed by atoms with E-state index in [2.05, 4.69) is 152 Å². The molecular formula is C99H116BCl4Cs2F3FeN12O14P2PdS. The number of carbonyl (C=O) groups excluding carboxylic acids is 3. The number of aromatic nitrogens is 10. The Labute approximate surface area is 975 Å². The van der Waals surface area contributed by atoms with Gasteiger partial charge in [0.15, 0.2) is 22.9 Å². The minimum atomic E-state index is -5.96. The van der Waals surface area contributed by atoms with E-state index in [1.807, 2.05) is 136 Å². The van der Waals surface area contributed by atoms with E-state index in [0.717, 1.165) is 68.7 Å². The first-order chi connectivity index (χ1) is 65.3. The zero-order chi connectivity index (χ0) is 98.9. The fraction of sp³-hybridized carbons (Fsp3) is 0.404. The molecule has 2 aliphatic carbocycles. The number of morpholine rings is 2. The SMILES string of the molecule is COc1cc2c(cc1-c1ccn(C)n1)-n1c(-c3ccn(C)c3)nc(C(=O)N3CCOCC3(C)C)c1CC2.COc1cc2c(cc1OS(=O)(=O)C(F)(F)F)-n1c(-c3ccn(C)c3)nc(C(=O)N3CCOCC3(C)C)c1CC2.ClCCl.Cn1ccc(B2OC(C)(C)C(C)(C)O2)n1.O=C([O-])[O-].[Cl][Pd][Cl].[Cs+].[Cs+].[Fe].c1ccc(P(c2ccccc2)C2CCCC2)cc1.c1ccc(P(c2ccccc2)C2CCCC2)cc1. The largest absolute Gasteiger partial charge is 1.00 e.